The van der Waals surface area contributed by atoms with Gasteiger partial charge in [-0.1, -0.05) is 26.7 Å². The lowest BCUT2D eigenvalue weighted by molar-refractivity contribution is 0.0641. The quantitative estimate of drug-likeness (QED) is 0.737. The first-order chi connectivity index (χ1) is 6.68. The molecule has 0 saturated heterocycles. The minimum Gasteiger partial charge on any atom is -0.459 e. The molecule has 14 heavy (non-hydrogen) atoms. The molecule has 1 N–H and O–H groups in total. The molecule has 0 radical (unpaired) electrons. The van der Waals surface area contributed by atoms with Crippen LogP contribution in [0.1, 0.15) is 39.5 Å². The molecule has 0 aromatic heterocycles. The van der Waals surface area contributed by atoms with E-state index in [1.165, 1.54) is 25.7 Å². The molecule has 0 aromatic carbocycles. The van der Waals surface area contributed by atoms with Gasteiger partial charge in [-0.3, -0.25) is 0 Å². The predicted octanol–water partition coefficient (Wildman–Crippen LogP) is 2.35. The Morgan fingerprint density at radius 1 is 1.43 bits per heavy atom. The van der Waals surface area contributed by atoms with Crippen molar-refractivity contribution < 1.29 is 9.47 Å². The van der Waals surface area contributed by atoms with Crippen molar-refractivity contribution in [2.24, 2.45) is 5.41 Å². The highest BCUT2D eigenvalue weighted by Gasteiger charge is 2.33. The van der Waals surface area contributed by atoms with Crippen molar-refractivity contribution in [1.29, 1.82) is 0 Å². The minimum absolute atomic E-state index is 0.357. The van der Waals surface area contributed by atoms with E-state index in [0.717, 1.165) is 5.88 Å². The van der Waals surface area contributed by atoms with Crippen LogP contribution in [-0.4, -0.2) is 12.8 Å². The van der Waals surface area contributed by atoms with Crippen LogP contribution in [-0.2, 0) is 9.47 Å². The summed E-state index contributed by atoms with van der Waals surface area (Å²) in [6.07, 6.45) is 6.86. The SMILES string of the molecule is CC1(C)CCCC[C@@H]1NC1=COCO1. The number of ether oxygens (including phenoxy) is 2. The number of nitrogens with one attached hydrogen (secondary N) is 1. The van der Waals surface area contributed by atoms with Crippen molar-refractivity contribution in [3.63, 3.8) is 0 Å². The Labute approximate surface area is 85.5 Å². The van der Waals surface area contributed by atoms with Gasteiger partial charge in [-0.05, 0) is 18.3 Å². The van der Waals surface area contributed by atoms with Crippen molar-refractivity contribution in [1.82, 2.24) is 5.32 Å². The molecule has 0 spiro atoms. The molecule has 0 aromatic rings. The van der Waals surface area contributed by atoms with Gasteiger partial charge < -0.3 is 14.8 Å². The zero-order chi connectivity index (χ0) is 10.0. The molecule has 2 rings (SSSR count). The second-order valence-corrected chi connectivity index (χ2v) is 4.84. The Balaban J connectivity index is 1.94. The predicted molar refractivity (Wildman–Crippen MR) is 54.3 cm³/mol. The molecular formula is C11H19NO2. The minimum atomic E-state index is 0.357. The van der Waals surface area contributed by atoms with E-state index in [0.29, 0.717) is 18.2 Å². The Hall–Kier alpha value is -0.860. The fourth-order valence-electron chi connectivity index (χ4n) is 2.25. The highest BCUT2D eigenvalue weighted by atomic mass is 16.7. The van der Waals surface area contributed by atoms with Gasteiger partial charge in [0.15, 0.2) is 0 Å². The highest BCUT2D eigenvalue weighted by Crippen LogP contribution is 2.36. The molecule has 2 aliphatic rings. The van der Waals surface area contributed by atoms with Crippen molar-refractivity contribution in [2.45, 2.75) is 45.6 Å². The average molecular weight is 197 g/mol. The maximum Gasteiger partial charge on any atom is 0.232 e. The monoisotopic (exact) mass is 197 g/mol. The van der Waals surface area contributed by atoms with Crippen molar-refractivity contribution in [2.75, 3.05) is 6.79 Å². The third-order valence-corrected chi connectivity index (χ3v) is 3.30. The summed E-state index contributed by atoms with van der Waals surface area (Å²) < 4.78 is 10.3. The van der Waals surface area contributed by atoms with Gasteiger partial charge in [0.1, 0.15) is 6.26 Å². The van der Waals surface area contributed by atoms with Gasteiger partial charge in [-0.15, -0.1) is 0 Å². The standard InChI is InChI=1S/C11H19NO2/c1-11(2)6-4-3-5-9(11)12-10-7-13-8-14-10/h7,9,12H,3-6,8H2,1-2H3/t9-/m0/s1. The average Bonchev–Trinajstić information content (AvgIpc) is 2.61. The number of hydrogen-bond acceptors (Lipinski definition) is 3. The number of rotatable bonds is 2. The first-order valence-corrected chi connectivity index (χ1v) is 5.40. The molecule has 1 heterocycles. The summed E-state index contributed by atoms with van der Waals surface area (Å²) in [5, 5.41) is 3.42. The highest BCUT2D eigenvalue weighted by molar-refractivity contribution is 4.97. The van der Waals surface area contributed by atoms with Crippen molar-refractivity contribution >= 4 is 0 Å². The lowest BCUT2D eigenvalue weighted by atomic mass is 9.73. The van der Waals surface area contributed by atoms with Gasteiger partial charge >= 0.3 is 0 Å². The second-order valence-electron chi connectivity index (χ2n) is 4.84. The third-order valence-electron chi connectivity index (χ3n) is 3.30. The molecule has 1 saturated carbocycles. The van der Waals surface area contributed by atoms with Crippen LogP contribution in [0.3, 0.4) is 0 Å². The van der Waals surface area contributed by atoms with Gasteiger partial charge in [-0.2, -0.15) is 0 Å². The van der Waals surface area contributed by atoms with E-state index in [-0.39, 0.29) is 0 Å². The van der Waals surface area contributed by atoms with Crippen molar-refractivity contribution in [3.8, 4) is 0 Å². The van der Waals surface area contributed by atoms with E-state index < -0.39 is 0 Å². The van der Waals surface area contributed by atoms with Crippen LogP contribution in [0.25, 0.3) is 0 Å². The van der Waals surface area contributed by atoms with Gasteiger partial charge in [0, 0.05) is 6.04 Å². The Kier molecular flexibility index (Phi) is 2.57. The van der Waals surface area contributed by atoms with Crippen LogP contribution in [0, 0.1) is 5.41 Å². The Bertz CT molecular complexity index is 235. The normalized spacial score (nSPS) is 30.1. The smallest absolute Gasteiger partial charge is 0.232 e. The molecule has 1 aliphatic heterocycles. The summed E-state index contributed by atoms with van der Waals surface area (Å²) in [6.45, 7) is 5.00. The van der Waals surface area contributed by atoms with Crippen LogP contribution < -0.4 is 5.32 Å². The molecule has 1 fully saturated rings. The summed E-state index contributed by atoms with van der Waals surface area (Å²) in [4.78, 5) is 0. The van der Waals surface area contributed by atoms with Gasteiger partial charge in [0.25, 0.3) is 0 Å². The van der Waals surface area contributed by atoms with Crippen LogP contribution in [0.5, 0.6) is 0 Å². The lowest BCUT2D eigenvalue weighted by Crippen LogP contribution is -2.43. The maximum atomic E-state index is 5.28. The van der Waals surface area contributed by atoms with E-state index in [9.17, 15) is 0 Å². The summed E-state index contributed by atoms with van der Waals surface area (Å²) >= 11 is 0. The molecule has 0 unspecified atom stereocenters. The first kappa shape index (κ1) is 9.69. The topological polar surface area (TPSA) is 30.5 Å². The van der Waals surface area contributed by atoms with E-state index in [1.54, 1.807) is 6.26 Å². The fourth-order valence-corrected chi connectivity index (χ4v) is 2.25. The van der Waals surface area contributed by atoms with Gasteiger partial charge in [0.2, 0.25) is 12.7 Å². The Morgan fingerprint density at radius 2 is 2.29 bits per heavy atom. The number of hydrogen-bond donors (Lipinski definition) is 1. The zero-order valence-corrected chi connectivity index (χ0v) is 9.01. The van der Waals surface area contributed by atoms with Gasteiger partial charge in [0.05, 0.1) is 0 Å². The molecule has 3 heteroatoms. The van der Waals surface area contributed by atoms with E-state index >= 15 is 0 Å². The van der Waals surface area contributed by atoms with Crippen molar-refractivity contribution in [3.05, 3.63) is 12.1 Å². The summed E-state index contributed by atoms with van der Waals surface area (Å²) in [5.41, 5.74) is 0.366. The fraction of sp³-hybridized carbons (Fsp3) is 0.818. The largest absolute Gasteiger partial charge is 0.459 e. The van der Waals surface area contributed by atoms with Crippen LogP contribution in [0.15, 0.2) is 12.1 Å². The third kappa shape index (κ3) is 1.97. The molecule has 80 valence electrons. The zero-order valence-electron chi connectivity index (χ0n) is 9.01. The molecule has 1 aliphatic carbocycles. The summed E-state index contributed by atoms with van der Waals surface area (Å²) in [7, 11) is 0. The van der Waals surface area contributed by atoms with Crippen LogP contribution >= 0.6 is 0 Å². The van der Waals surface area contributed by atoms with Gasteiger partial charge in [-0.25, -0.2) is 0 Å². The first-order valence-electron chi connectivity index (χ1n) is 5.40. The molecular weight excluding hydrogens is 178 g/mol. The molecule has 0 amide bonds. The summed E-state index contributed by atoms with van der Waals surface area (Å²) in [6, 6.07) is 0.518. The molecule has 0 bridgehead atoms. The van der Waals surface area contributed by atoms with E-state index in [2.05, 4.69) is 19.2 Å². The van der Waals surface area contributed by atoms with E-state index in [4.69, 9.17) is 9.47 Å². The van der Waals surface area contributed by atoms with Crippen LogP contribution in [0.4, 0.5) is 0 Å². The Morgan fingerprint density at radius 3 is 2.93 bits per heavy atom. The summed E-state index contributed by atoms with van der Waals surface area (Å²) in [5.74, 6) is 0.796. The molecule has 1 atom stereocenters. The second kappa shape index (κ2) is 3.71. The van der Waals surface area contributed by atoms with E-state index in [1.807, 2.05) is 0 Å². The molecule has 3 nitrogen and oxygen atoms in total. The van der Waals surface area contributed by atoms with Crippen LogP contribution in [0.2, 0.25) is 0 Å². The lowest BCUT2D eigenvalue weighted by Gasteiger charge is -2.39. The maximum absolute atomic E-state index is 5.28.